The number of hydrogen-bond donors (Lipinski definition) is 0. The van der Waals surface area contributed by atoms with Gasteiger partial charge in [-0.15, -0.1) is 11.8 Å². The van der Waals surface area contributed by atoms with Gasteiger partial charge in [0.05, 0.1) is 5.69 Å². The first kappa shape index (κ1) is 8.95. The first-order valence-corrected chi connectivity index (χ1v) is 5.70. The summed E-state index contributed by atoms with van der Waals surface area (Å²) in [4.78, 5) is 3.80. The van der Waals surface area contributed by atoms with E-state index in [1.165, 1.54) is 34.9 Å². The average Bonchev–Trinajstić information content (AvgIpc) is 2.29. The van der Waals surface area contributed by atoms with Crippen LogP contribution in [-0.4, -0.2) is 19.3 Å². The van der Waals surface area contributed by atoms with Crippen molar-refractivity contribution in [1.29, 1.82) is 0 Å². The van der Waals surface area contributed by atoms with Gasteiger partial charge in [-0.3, -0.25) is 0 Å². The largest absolute Gasteiger partial charge is 0.374 e. The maximum Gasteiger partial charge on any atom is 0.0504 e. The van der Waals surface area contributed by atoms with E-state index >= 15 is 0 Å². The van der Waals surface area contributed by atoms with Gasteiger partial charge in [0.2, 0.25) is 0 Å². The Bertz CT molecular complexity index is 309. The van der Waals surface area contributed by atoms with Gasteiger partial charge in [-0.1, -0.05) is 6.07 Å². The van der Waals surface area contributed by atoms with Crippen LogP contribution in [0.1, 0.15) is 12.0 Å². The third kappa shape index (κ3) is 1.83. The molecule has 13 heavy (non-hydrogen) atoms. The van der Waals surface area contributed by atoms with Crippen molar-refractivity contribution in [2.45, 2.75) is 18.2 Å². The molecule has 0 saturated carbocycles. The van der Waals surface area contributed by atoms with Crippen LogP contribution in [0.2, 0.25) is 0 Å². The monoisotopic (exact) mass is 193 g/mol. The van der Waals surface area contributed by atoms with Crippen molar-refractivity contribution in [1.82, 2.24) is 0 Å². The fourth-order valence-electron chi connectivity index (χ4n) is 1.65. The lowest BCUT2D eigenvalue weighted by molar-refractivity contribution is 0.862. The summed E-state index contributed by atoms with van der Waals surface area (Å²) in [6.45, 7) is 3.34. The van der Waals surface area contributed by atoms with E-state index < -0.39 is 0 Å². The fraction of sp³-hybridized carbons (Fsp3) is 0.455. The van der Waals surface area contributed by atoms with Crippen LogP contribution in [-0.2, 0) is 0 Å². The number of benzene rings is 1. The number of rotatable bonds is 0. The molecule has 2 rings (SSSR count). The van der Waals surface area contributed by atoms with Crippen molar-refractivity contribution in [3.63, 3.8) is 0 Å². The van der Waals surface area contributed by atoms with Gasteiger partial charge in [0, 0.05) is 18.5 Å². The Morgan fingerprint density at radius 1 is 1.38 bits per heavy atom. The number of thioether (sulfide) groups is 1. The second-order valence-corrected chi connectivity index (χ2v) is 4.73. The van der Waals surface area contributed by atoms with E-state index in [1.807, 2.05) is 11.8 Å². The molecule has 0 fully saturated rings. The molecule has 0 N–H and O–H groups in total. The second kappa shape index (κ2) is 3.62. The molecular weight excluding hydrogens is 178 g/mol. The van der Waals surface area contributed by atoms with E-state index in [0.717, 1.165) is 0 Å². The molecule has 1 aromatic carbocycles. The molecule has 0 radical (unpaired) electrons. The minimum Gasteiger partial charge on any atom is -0.374 e. The summed E-state index contributed by atoms with van der Waals surface area (Å²) in [6.07, 6.45) is 1.29. The van der Waals surface area contributed by atoms with Crippen LogP contribution in [0.5, 0.6) is 0 Å². The summed E-state index contributed by atoms with van der Waals surface area (Å²) >= 11 is 1.98. The zero-order chi connectivity index (χ0) is 9.26. The zero-order valence-corrected chi connectivity index (χ0v) is 9.03. The summed E-state index contributed by atoms with van der Waals surface area (Å²) in [7, 11) is 2.18. The molecule has 1 aliphatic rings. The zero-order valence-electron chi connectivity index (χ0n) is 8.21. The van der Waals surface area contributed by atoms with Crippen molar-refractivity contribution in [2.24, 2.45) is 0 Å². The van der Waals surface area contributed by atoms with E-state index in [9.17, 15) is 0 Å². The molecular formula is C11H15NS. The Morgan fingerprint density at radius 2 is 2.23 bits per heavy atom. The number of hydrogen-bond acceptors (Lipinski definition) is 2. The molecule has 0 aromatic heterocycles. The van der Waals surface area contributed by atoms with Gasteiger partial charge in [-0.25, -0.2) is 0 Å². The van der Waals surface area contributed by atoms with Crippen molar-refractivity contribution < 1.29 is 0 Å². The van der Waals surface area contributed by atoms with Crippen molar-refractivity contribution >= 4 is 17.4 Å². The molecule has 2 heteroatoms. The molecule has 1 aliphatic heterocycles. The quantitative estimate of drug-likeness (QED) is 0.623. The fourth-order valence-corrected chi connectivity index (χ4v) is 2.67. The van der Waals surface area contributed by atoms with Gasteiger partial charge in [0.15, 0.2) is 0 Å². The van der Waals surface area contributed by atoms with Crippen LogP contribution in [0.3, 0.4) is 0 Å². The Hall–Kier alpha value is -0.630. The highest BCUT2D eigenvalue weighted by atomic mass is 32.2. The first-order valence-electron chi connectivity index (χ1n) is 4.72. The highest BCUT2D eigenvalue weighted by Gasteiger charge is 2.11. The van der Waals surface area contributed by atoms with Gasteiger partial charge in [-0.2, -0.15) is 0 Å². The van der Waals surface area contributed by atoms with Gasteiger partial charge < -0.3 is 4.90 Å². The van der Waals surface area contributed by atoms with Crippen LogP contribution >= 0.6 is 11.8 Å². The SMILES string of the molecule is Cc1ccc2c(c1)N(C)CCCS2. The Morgan fingerprint density at radius 3 is 3.08 bits per heavy atom. The predicted molar refractivity (Wildman–Crippen MR) is 59.8 cm³/mol. The van der Waals surface area contributed by atoms with E-state index in [1.54, 1.807) is 0 Å². The number of nitrogens with zero attached hydrogens (tertiary/aromatic N) is 1. The molecule has 0 unspecified atom stereocenters. The Balaban J connectivity index is 2.43. The highest BCUT2D eigenvalue weighted by molar-refractivity contribution is 7.99. The summed E-state index contributed by atoms with van der Waals surface area (Å²) in [5.41, 5.74) is 2.76. The Kier molecular flexibility index (Phi) is 2.49. The molecule has 0 aliphatic carbocycles. The molecule has 1 nitrogen and oxygen atoms in total. The molecule has 1 heterocycles. The maximum absolute atomic E-state index is 2.36. The molecule has 0 amide bonds. The normalized spacial score (nSPS) is 16.6. The number of aryl methyl sites for hydroxylation is 1. The summed E-state index contributed by atoms with van der Waals surface area (Å²) in [5, 5.41) is 0. The first-order chi connectivity index (χ1) is 6.27. The molecule has 0 spiro atoms. The standard InChI is InChI=1S/C11H15NS/c1-9-4-5-11-10(8-9)12(2)6-3-7-13-11/h4-5,8H,3,6-7H2,1-2H3. The molecule has 70 valence electrons. The summed E-state index contributed by atoms with van der Waals surface area (Å²) in [5.74, 6) is 1.25. The maximum atomic E-state index is 2.36. The minimum atomic E-state index is 1.18. The lowest BCUT2D eigenvalue weighted by atomic mass is 10.2. The van der Waals surface area contributed by atoms with E-state index in [-0.39, 0.29) is 0 Å². The van der Waals surface area contributed by atoms with Crippen LogP contribution in [0, 0.1) is 6.92 Å². The second-order valence-electron chi connectivity index (χ2n) is 3.59. The number of fused-ring (bicyclic) bond motifs is 1. The van der Waals surface area contributed by atoms with Crippen molar-refractivity contribution in [3.8, 4) is 0 Å². The molecule has 1 aromatic rings. The van der Waals surface area contributed by atoms with Gasteiger partial charge >= 0.3 is 0 Å². The van der Waals surface area contributed by atoms with Crippen molar-refractivity contribution in [2.75, 3.05) is 24.2 Å². The molecule has 0 saturated heterocycles. The summed E-state index contributed by atoms with van der Waals surface area (Å²) < 4.78 is 0. The third-order valence-electron chi connectivity index (χ3n) is 2.42. The predicted octanol–water partition coefficient (Wildman–Crippen LogP) is 2.93. The van der Waals surface area contributed by atoms with Gasteiger partial charge in [0.25, 0.3) is 0 Å². The Labute approximate surface area is 84.1 Å². The van der Waals surface area contributed by atoms with E-state index in [0.29, 0.717) is 0 Å². The molecule has 0 atom stereocenters. The molecule has 0 bridgehead atoms. The lowest BCUT2D eigenvalue weighted by Gasteiger charge is -2.18. The van der Waals surface area contributed by atoms with Crippen LogP contribution in [0.25, 0.3) is 0 Å². The van der Waals surface area contributed by atoms with Gasteiger partial charge in [0.1, 0.15) is 0 Å². The highest BCUT2D eigenvalue weighted by Crippen LogP contribution is 2.33. The third-order valence-corrected chi connectivity index (χ3v) is 3.57. The van der Waals surface area contributed by atoms with E-state index in [2.05, 4.69) is 37.1 Å². The van der Waals surface area contributed by atoms with Crippen LogP contribution in [0.4, 0.5) is 5.69 Å². The van der Waals surface area contributed by atoms with Crippen LogP contribution in [0.15, 0.2) is 23.1 Å². The van der Waals surface area contributed by atoms with Crippen molar-refractivity contribution in [3.05, 3.63) is 23.8 Å². The van der Waals surface area contributed by atoms with Gasteiger partial charge in [-0.05, 0) is 36.8 Å². The van der Waals surface area contributed by atoms with E-state index in [4.69, 9.17) is 0 Å². The van der Waals surface area contributed by atoms with Crippen LogP contribution < -0.4 is 4.90 Å². The summed E-state index contributed by atoms with van der Waals surface area (Å²) in [6, 6.07) is 6.73. The topological polar surface area (TPSA) is 3.24 Å². The lowest BCUT2D eigenvalue weighted by Crippen LogP contribution is -2.17. The number of anilines is 1. The smallest absolute Gasteiger partial charge is 0.0504 e. The average molecular weight is 193 g/mol. The minimum absolute atomic E-state index is 1.18.